The Morgan fingerprint density at radius 1 is 1.29 bits per heavy atom. The van der Waals surface area contributed by atoms with Crippen molar-refractivity contribution in [2.75, 3.05) is 7.11 Å². The van der Waals surface area contributed by atoms with Crippen LogP contribution in [0.25, 0.3) is 11.4 Å². The maximum Gasteiger partial charge on any atom is 0.209 e. The normalized spacial score (nSPS) is 10.8. The van der Waals surface area contributed by atoms with E-state index in [-0.39, 0.29) is 0 Å². The molecule has 0 unspecified atom stereocenters. The van der Waals surface area contributed by atoms with E-state index in [2.05, 4.69) is 20.3 Å². The number of nitrogens with one attached hydrogen (secondary N) is 1. The van der Waals surface area contributed by atoms with Gasteiger partial charge in [0.25, 0.3) is 0 Å². The molecule has 108 valence electrons. The molecule has 3 rings (SSSR count). The molecule has 0 radical (unpaired) electrons. The van der Waals surface area contributed by atoms with Crippen LogP contribution in [0.4, 0.5) is 0 Å². The van der Waals surface area contributed by atoms with Crippen LogP contribution in [0.15, 0.2) is 40.0 Å². The number of nitrogens with zero attached hydrogens (tertiary/aromatic N) is 3. The van der Waals surface area contributed by atoms with E-state index in [0.29, 0.717) is 10.9 Å². The van der Waals surface area contributed by atoms with Crippen LogP contribution in [-0.4, -0.2) is 27.4 Å². The second-order valence-corrected chi connectivity index (χ2v) is 5.36. The first kappa shape index (κ1) is 13.7. The Balaban J connectivity index is 1.67. The lowest BCUT2D eigenvalue weighted by atomic mass is 10.2. The van der Waals surface area contributed by atoms with Crippen molar-refractivity contribution in [2.24, 2.45) is 0 Å². The molecule has 0 aliphatic heterocycles. The van der Waals surface area contributed by atoms with Crippen LogP contribution in [0, 0.1) is 6.92 Å². The third-order valence-corrected chi connectivity index (χ3v) is 3.72. The number of thioether (sulfide) groups is 1. The van der Waals surface area contributed by atoms with Crippen molar-refractivity contribution >= 4 is 11.8 Å². The number of rotatable bonds is 5. The lowest BCUT2D eigenvalue weighted by Crippen LogP contribution is -1.84. The molecule has 0 spiro atoms. The molecule has 7 heteroatoms. The summed E-state index contributed by atoms with van der Waals surface area (Å²) in [6, 6.07) is 9.56. The minimum Gasteiger partial charge on any atom is -0.497 e. The van der Waals surface area contributed by atoms with Crippen LogP contribution in [0.1, 0.15) is 11.5 Å². The molecule has 3 aromatic rings. The zero-order chi connectivity index (χ0) is 14.7. The molecule has 0 atom stereocenters. The summed E-state index contributed by atoms with van der Waals surface area (Å²) >= 11 is 1.50. The summed E-state index contributed by atoms with van der Waals surface area (Å²) in [5, 5.41) is 11.6. The molecule has 21 heavy (non-hydrogen) atoms. The molecule has 2 aromatic heterocycles. The van der Waals surface area contributed by atoms with Gasteiger partial charge in [0, 0.05) is 11.6 Å². The number of benzene rings is 1. The van der Waals surface area contributed by atoms with Gasteiger partial charge >= 0.3 is 0 Å². The van der Waals surface area contributed by atoms with E-state index in [0.717, 1.165) is 28.6 Å². The number of aromatic nitrogens is 4. The fourth-order valence-electron chi connectivity index (χ4n) is 1.81. The molecule has 0 aliphatic carbocycles. The van der Waals surface area contributed by atoms with Crippen molar-refractivity contribution in [1.82, 2.24) is 20.3 Å². The van der Waals surface area contributed by atoms with Gasteiger partial charge in [0.15, 0.2) is 5.82 Å². The van der Waals surface area contributed by atoms with E-state index >= 15 is 0 Å². The third-order valence-electron chi connectivity index (χ3n) is 2.85. The highest BCUT2D eigenvalue weighted by molar-refractivity contribution is 7.98. The first-order chi connectivity index (χ1) is 10.2. The van der Waals surface area contributed by atoms with Crippen LogP contribution in [0.3, 0.4) is 0 Å². The molecule has 1 N–H and O–H groups in total. The van der Waals surface area contributed by atoms with Gasteiger partial charge in [-0.15, -0.1) is 5.10 Å². The SMILES string of the molecule is COc1ccc(-c2nc(SCc3cc(C)no3)n[nH]2)cc1. The molecule has 6 nitrogen and oxygen atoms in total. The highest BCUT2D eigenvalue weighted by Crippen LogP contribution is 2.23. The first-order valence-corrected chi connectivity index (χ1v) is 7.35. The fourth-order valence-corrected chi connectivity index (χ4v) is 2.48. The summed E-state index contributed by atoms with van der Waals surface area (Å²) in [4.78, 5) is 4.45. The van der Waals surface area contributed by atoms with Gasteiger partial charge in [0.1, 0.15) is 11.5 Å². The lowest BCUT2D eigenvalue weighted by molar-refractivity contribution is 0.391. The minimum atomic E-state index is 0.654. The van der Waals surface area contributed by atoms with E-state index in [1.165, 1.54) is 11.8 Å². The zero-order valence-electron chi connectivity index (χ0n) is 11.7. The van der Waals surface area contributed by atoms with Crippen molar-refractivity contribution in [3.8, 4) is 17.1 Å². The summed E-state index contributed by atoms with van der Waals surface area (Å²) in [6.45, 7) is 1.90. The van der Waals surface area contributed by atoms with Gasteiger partial charge in [0.05, 0.1) is 18.6 Å². The molecule has 1 aromatic carbocycles. The van der Waals surface area contributed by atoms with Crippen LogP contribution >= 0.6 is 11.8 Å². The van der Waals surface area contributed by atoms with Crippen molar-refractivity contribution in [1.29, 1.82) is 0 Å². The van der Waals surface area contributed by atoms with Gasteiger partial charge in [-0.3, -0.25) is 5.10 Å². The number of hydrogen-bond donors (Lipinski definition) is 1. The average Bonchev–Trinajstić information content (AvgIpc) is 3.14. The molecule has 0 saturated heterocycles. The second-order valence-electron chi connectivity index (χ2n) is 4.42. The second kappa shape index (κ2) is 6.01. The predicted octanol–water partition coefficient (Wildman–Crippen LogP) is 3.07. The van der Waals surface area contributed by atoms with Gasteiger partial charge < -0.3 is 9.26 Å². The molecular formula is C14H14N4O2S. The van der Waals surface area contributed by atoms with Crippen molar-refractivity contribution in [2.45, 2.75) is 17.8 Å². The van der Waals surface area contributed by atoms with Crippen molar-refractivity contribution in [3.63, 3.8) is 0 Å². The number of aryl methyl sites for hydroxylation is 1. The third kappa shape index (κ3) is 3.25. The van der Waals surface area contributed by atoms with E-state index in [1.54, 1.807) is 7.11 Å². The molecule has 0 bridgehead atoms. The molecule has 0 aliphatic rings. The van der Waals surface area contributed by atoms with Crippen molar-refractivity contribution in [3.05, 3.63) is 41.8 Å². The Labute approximate surface area is 125 Å². The Hall–Kier alpha value is -2.28. The molecule has 0 saturated carbocycles. The molecule has 0 fully saturated rings. The summed E-state index contributed by atoms with van der Waals surface area (Å²) in [5.41, 5.74) is 1.84. The zero-order valence-corrected chi connectivity index (χ0v) is 12.5. The van der Waals surface area contributed by atoms with E-state index in [4.69, 9.17) is 9.26 Å². The fraction of sp³-hybridized carbons (Fsp3) is 0.214. The highest BCUT2D eigenvalue weighted by atomic mass is 32.2. The standard InChI is InChI=1S/C14H14N4O2S/c1-9-7-12(20-18-9)8-21-14-15-13(16-17-14)10-3-5-11(19-2)6-4-10/h3-7H,8H2,1-2H3,(H,15,16,17). The van der Waals surface area contributed by atoms with Crippen LogP contribution in [-0.2, 0) is 5.75 Å². The van der Waals surface area contributed by atoms with Crippen LogP contribution in [0.2, 0.25) is 0 Å². The monoisotopic (exact) mass is 302 g/mol. The first-order valence-electron chi connectivity index (χ1n) is 6.36. The Morgan fingerprint density at radius 2 is 2.10 bits per heavy atom. The Bertz CT molecular complexity index is 721. The Kier molecular flexibility index (Phi) is 3.92. The van der Waals surface area contributed by atoms with Gasteiger partial charge in [-0.25, -0.2) is 4.98 Å². The molecular weight excluding hydrogens is 288 g/mol. The number of hydrogen-bond acceptors (Lipinski definition) is 6. The van der Waals surface area contributed by atoms with E-state index < -0.39 is 0 Å². The van der Waals surface area contributed by atoms with Crippen molar-refractivity contribution < 1.29 is 9.26 Å². The highest BCUT2D eigenvalue weighted by Gasteiger charge is 2.08. The number of ether oxygens (including phenoxy) is 1. The van der Waals surface area contributed by atoms with Crippen LogP contribution in [0.5, 0.6) is 5.75 Å². The smallest absolute Gasteiger partial charge is 0.209 e. The minimum absolute atomic E-state index is 0.654. The summed E-state index contributed by atoms with van der Waals surface area (Å²) in [7, 11) is 1.64. The quantitative estimate of drug-likeness (QED) is 0.730. The lowest BCUT2D eigenvalue weighted by Gasteiger charge is -1.99. The largest absolute Gasteiger partial charge is 0.497 e. The van der Waals surface area contributed by atoms with E-state index in [1.807, 2.05) is 37.3 Å². The summed E-state index contributed by atoms with van der Waals surface area (Å²) in [5.74, 6) is 3.01. The van der Waals surface area contributed by atoms with Crippen LogP contribution < -0.4 is 4.74 Å². The number of aromatic amines is 1. The van der Waals surface area contributed by atoms with Gasteiger partial charge in [0.2, 0.25) is 5.16 Å². The predicted molar refractivity (Wildman–Crippen MR) is 79.2 cm³/mol. The molecule has 2 heterocycles. The number of methoxy groups -OCH3 is 1. The Morgan fingerprint density at radius 3 is 2.76 bits per heavy atom. The summed E-state index contributed by atoms with van der Waals surface area (Å²) in [6.07, 6.45) is 0. The van der Waals surface area contributed by atoms with Gasteiger partial charge in [-0.2, -0.15) is 0 Å². The van der Waals surface area contributed by atoms with Gasteiger partial charge in [-0.1, -0.05) is 16.9 Å². The van der Waals surface area contributed by atoms with Gasteiger partial charge in [-0.05, 0) is 31.2 Å². The number of H-pyrrole nitrogens is 1. The average molecular weight is 302 g/mol. The summed E-state index contributed by atoms with van der Waals surface area (Å²) < 4.78 is 10.3. The maximum atomic E-state index is 5.15. The molecule has 0 amide bonds. The topological polar surface area (TPSA) is 76.8 Å². The van der Waals surface area contributed by atoms with E-state index in [9.17, 15) is 0 Å². The maximum absolute atomic E-state index is 5.15.